The van der Waals surface area contributed by atoms with Gasteiger partial charge in [0.25, 0.3) is 5.91 Å². The molecule has 0 aromatic carbocycles. The second kappa shape index (κ2) is 4.95. The molecule has 1 aliphatic rings. The van der Waals surface area contributed by atoms with E-state index in [1.807, 2.05) is 19.4 Å². The van der Waals surface area contributed by atoms with Gasteiger partial charge in [-0.25, -0.2) is 4.68 Å². The number of thiophene rings is 1. The molecule has 3 aromatic rings. The second-order valence-corrected chi connectivity index (χ2v) is 6.57. The van der Waals surface area contributed by atoms with E-state index >= 15 is 0 Å². The van der Waals surface area contributed by atoms with Gasteiger partial charge in [-0.05, 0) is 42.2 Å². The minimum Gasteiger partial charge on any atom is -0.306 e. The third-order valence-electron chi connectivity index (χ3n) is 4.11. The molecule has 0 spiro atoms. The van der Waals surface area contributed by atoms with E-state index in [0.717, 1.165) is 28.0 Å². The summed E-state index contributed by atoms with van der Waals surface area (Å²) in [5, 5.41) is 17.5. The number of carbonyl (C=O) groups excluding carboxylic acids is 1. The first-order chi connectivity index (χ1) is 10.7. The Hall–Kier alpha value is -2.15. The maximum atomic E-state index is 12.6. The van der Waals surface area contributed by atoms with Gasteiger partial charge >= 0.3 is 0 Å². The molecule has 114 valence electrons. The molecular formula is C15H17N5OS. The van der Waals surface area contributed by atoms with E-state index in [9.17, 15) is 4.79 Å². The molecule has 3 aromatic heterocycles. The van der Waals surface area contributed by atoms with Gasteiger partial charge in [0, 0.05) is 7.05 Å². The van der Waals surface area contributed by atoms with Crippen molar-refractivity contribution < 1.29 is 4.79 Å². The zero-order valence-corrected chi connectivity index (χ0v) is 13.3. The fraction of sp³-hybridized carbons (Fsp3) is 0.400. The summed E-state index contributed by atoms with van der Waals surface area (Å²) >= 11 is 1.50. The number of fused-ring (bicyclic) bond motifs is 1. The van der Waals surface area contributed by atoms with Crippen molar-refractivity contribution in [1.82, 2.24) is 20.0 Å². The Labute approximate surface area is 131 Å². The van der Waals surface area contributed by atoms with Gasteiger partial charge in [0.2, 0.25) is 0 Å². The number of nitrogens with one attached hydrogen (secondary N) is 2. The van der Waals surface area contributed by atoms with Gasteiger partial charge in [-0.15, -0.1) is 11.3 Å². The van der Waals surface area contributed by atoms with Crippen LogP contribution < -0.4 is 5.32 Å². The third-order valence-corrected chi connectivity index (χ3v) is 5.03. The molecule has 1 fully saturated rings. The van der Waals surface area contributed by atoms with Crippen LogP contribution >= 0.6 is 11.3 Å². The molecular weight excluding hydrogens is 298 g/mol. The van der Waals surface area contributed by atoms with E-state index in [2.05, 4.69) is 26.7 Å². The maximum Gasteiger partial charge on any atom is 0.267 e. The maximum absolute atomic E-state index is 12.6. The predicted molar refractivity (Wildman–Crippen MR) is 86.5 cm³/mol. The molecule has 3 heterocycles. The van der Waals surface area contributed by atoms with E-state index in [1.54, 1.807) is 4.68 Å². The highest BCUT2D eigenvalue weighted by molar-refractivity contribution is 7.12. The number of anilines is 1. The van der Waals surface area contributed by atoms with Crippen LogP contribution in [0, 0.1) is 0 Å². The van der Waals surface area contributed by atoms with E-state index in [0.29, 0.717) is 11.7 Å². The highest BCUT2D eigenvalue weighted by Gasteiger charge is 2.29. The van der Waals surface area contributed by atoms with Crippen molar-refractivity contribution in [3.8, 4) is 0 Å². The normalized spacial score (nSPS) is 14.6. The number of hydrogen-bond donors (Lipinski definition) is 2. The number of hydrogen-bond acceptors (Lipinski definition) is 4. The van der Waals surface area contributed by atoms with Crippen LogP contribution in [-0.4, -0.2) is 25.9 Å². The van der Waals surface area contributed by atoms with Crippen molar-refractivity contribution in [1.29, 1.82) is 0 Å². The lowest BCUT2D eigenvalue weighted by Crippen LogP contribution is -2.12. The summed E-state index contributed by atoms with van der Waals surface area (Å²) in [6, 6.07) is 2.07. The quantitative estimate of drug-likeness (QED) is 0.777. The number of aryl methyl sites for hydroxylation is 2. The Bertz CT molecular complexity index is 855. The zero-order valence-electron chi connectivity index (χ0n) is 12.5. The van der Waals surface area contributed by atoms with Crippen LogP contribution in [0.5, 0.6) is 0 Å². The largest absolute Gasteiger partial charge is 0.306 e. The summed E-state index contributed by atoms with van der Waals surface area (Å²) in [6.45, 7) is 2.05. The number of nitrogens with zero attached hydrogens (tertiary/aromatic N) is 3. The summed E-state index contributed by atoms with van der Waals surface area (Å²) in [4.78, 5) is 13.4. The van der Waals surface area contributed by atoms with Crippen molar-refractivity contribution in [2.75, 3.05) is 5.32 Å². The Morgan fingerprint density at radius 3 is 3.09 bits per heavy atom. The van der Waals surface area contributed by atoms with E-state index in [1.165, 1.54) is 29.7 Å². The van der Waals surface area contributed by atoms with Crippen LogP contribution in [-0.2, 0) is 13.5 Å². The molecule has 0 saturated heterocycles. The molecule has 0 radical (unpaired) electrons. The summed E-state index contributed by atoms with van der Waals surface area (Å²) in [5.74, 6) is 1.15. The van der Waals surface area contributed by atoms with Crippen LogP contribution in [0.3, 0.4) is 0 Å². The monoisotopic (exact) mass is 315 g/mol. The fourth-order valence-corrected chi connectivity index (χ4v) is 3.73. The number of H-pyrrole nitrogens is 1. The molecule has 0 atom stereocenters. The molecule has 4 rings (SSSR count). The van der Waals surface area contributed by atoms with Gasteiger partial charge in [0.15, 0.2) is 5.65 Å². The highest BCUT2D eigenvalue weighted by atomic mass is 32.1. The number of carbonyl (C=O) groups is 1. The molecule has 22 heavy (non-hydrogen) atoms. The first-order valence-electron chi connectivity index (χ1n) is 7.47. The van der Waals surface area contributed by atoms with E-state index in [4.69, 9.17) is 0 Å². The molecule has 1 amide bonds. The fourth-order valence-electron chi connectivity index (χ4n) is 2.85. The van der Waals surface area contributed by atoms with Crippen LogP contribution in [0.25, 0.3) is 11.0 Å². The molecule has 1 saturated carbocycles. The molecule has 1 aliphatic carbocycles. The van der Waals surface area contributed by atoms with Crippen molar-refractivity contribution in [2.45, 2.75) is 32.1 Å². The van der Waals surface area contributed by atoms with Crippen LogP contribution in [0.1, 0.15) is 46.6 Å². The summed E-state index contributed by atoms with van der Waals surface area (Å²) in [5.41, 5.74) is 2.89. The zero-order chi connectivity index (χ0) is 15.3. The number of aromatic nitrogens is 4. The molecule has 0 bridgehead atoms. The number of amides is 1. The van der Waals surface area contributed by atoms with Crippen LogP contribution in [0.2, 0.25) is 0 Å². The van der Waals surface area contributed by atoms with E-state index in [-0.39, 0.29) is 5.91 Å². The summed E-state index contributed by atoms with van der Waals surface area (Å²) in [7, 11) is 1.86. The molecule has 0 aliphatic heterocycles. The first kappa shape index (κ1) is 13.5. The number of aromatic amines is 1. The third kappa shape index (κ3) is 2.04. The smallest absolute Gasteiger partial charge is 0.267 e. The van der Waals surface area contributed by atoms with Gasteiger partial charge in [-0.3, -0.25) is 9.89 Å². The van der Waals surface area contributed by atoms with Gasteiger partial charge < -0.3 is 5.32 Å². The summed E-state index contributed by atoms with van der Waals surface area (Å²) < 4.78 is 1.74. The topological polar surface area (TPSA) is 75.6 Å². The number of rotatable bonds is 4. The Morgan fingerprint density at radius 1 is 1.55 bits per heavy atom. The minimum absolute atomic E-state index is 0.0617. The summed E-state index contributed by atoms with van der Waals surface area (Å²) in [6.07, 6.45) is 3.17. The SMILES string of the molecule is CCc1nn(C)c2n[nH]c(NC(=O)c3sccc3C3CC3)c12. The van der Waals surface area contributed by atoms with Crippen molar-refractivity contribution in [2.24, 2.45) is 7.05 Å². The Morgan fingerprint density at radius 2 is 2.36 bits per heavy atom. The molecule has 6 nitrogen and oxygen atoms in total. The predicted octanol–water partition coefficient (Wildman–Crippen LogP) is 3.05. The van der Waals surface area contributed by atoms with Crippen LogP contribution in [0.15, 0.2) is 11.4 Å². The molecule has 2 N–H and O–H groups in total. The average molecular weight is 315 g/mol. The standard InChI is InChI=1S/C15H17N5OS/c1-3-10-11-13(17-18-14(11)20(2)19-10)16-15(21)12-9(6-7-22-12)8-4-5-8/h6-8H,3-5H2,1-2H3,(H2,16,17,18,21). The minimum atomic E-state index is -0.0617. The van der Waals surface area contributed by atoms with Crippen molar-refractivity contribution >= 4 is 34.1 Å². The van der Waals surface area contributed by atoms with Gasteiger partial charge in [-0.2, -0.15) is 10.2 Å². The van der Waals surface area contributed by atoms with Crippen molar-refractivity contribution in [3.05, 3.63) is 27.6 Å². The second-order valence-electron chi connectivity index (χ2n) is 5.65. The van der Waals surface area contributed by atoms with Crippen LogP contribution in [0.4, 0.5) is 5.82 Å². The van der Waals surface area contributed by atoms with Gasteiger partial charge in [0.1, 0.15) is 5.82 Å². The molecule has 0 unspecified atom stereocenters. The van der Waals surface area contributed by atoms with Crippen molar-refractivity contribution in [3.63, 3.8) is 0 Å². The lowest BCUT2D eigenvalue weighted by atomic mass is 10.1. The van der Waals surface area contributed by atoms with E-state index < -0.39 is 0 Å². The Balaban J connectivity index is 1.68. The Kier molecular flexibility index (Phi) is 3.04. The lowest BCUT2D eigenvalue weighted by molar-refractivity contribution is 0.102. The average Bonchev–Trinajstić information content (AvgIpc) is 2.97. The van der Waals surface area contributed by atoms with Gasteiger partial charge in [0.05, 0.1) is 16.0 Å². The molecule has 7 heteroatoms. The first-order valence-corrected chi connectivity index (χ1v) is 8.35. The lowest BCUT2D eigenvalue weighted by Gasteiger charge is -2.04. The highest BCUT2D eigenvalue weighted by Crippen LogP contribution is 2.43. The van der Waals surface area contributed by atoms with Gasteiger partial charge in [-0.1, -0.05) is 6.92 Å².